The fourth-order valence-corrected chi connectivity index (χ4v) is 7.81. The highest BCUT2D eigenvalue weighted by Gasteiger charge is 2.33. The maximum Gasteiger partial charge on any atom is 0.289 e. The van der Waals surface area contributed by atoms with E-state index in [2.05, 4.69) is 25.7 Å². The van der Waals surface area contributed by atoms with Crippen molar-refractivity contribution in [2.45, 2.75) is 4.90 Å². The Balaban J connectivity index is 1.33. The van der Waals surface area contributed by atoms with Crippen LogP contribution in [0.15, 0.2) is 50.2 Å². The van der Waals surface area contributed by atoms with Gasteiger partial charge in [-0.05, 0) is 53.3 Å². The Bertz CT molecular complexity index is 1390. The lowest BCUT2D eigenvalue weighted by atomic mass is 10.2. The molecule has 2 saturated heterocycles. The second-order valence-electron chi connectivity index (χ2n) is 8.96. The molecule has 0 N–H and O–H groups in total. The summed E-state index contributed by atoms with van der Waals surface area (Å²) in [5.41, 5.74) is 1.53. The second kappa shape index (κ2) is 10.2. The fourth-order valence-electron chi connectivity index (χ4n) is 4.61. The quantitative estimate of drug-likeness (QED) is 0.433. The van der Waals surface area contributed by atoms with Gasteiger partial charge in [0, 0.05) is 57.7 Å². The lowest BCUT2D eigenvalue weighted by Gasteiger charge is -2.36. The zero-order valence-electron chi connectivity index (χ0n) is 19.6. The predicted octanol–water partition coefficient (Wildman–Crippen LogP) is 4.40. The molecule has 2 fully saturated rings. The number of rotatable bonds is 4. The van der Waals surface area contributed by atoms with Gasteiger partial charge in [-0.2, -0.15) is 4.31 Å². The van der Waals surface area contributed by atoms with Crippen molar-refractivity contribution < 1.29 is 17.6 Å². The van der Waals surface area contributed by atoms with Gasteiger partial charge >= 0.3 is 0 Å². The summed E-state index contributed by atoms with van der Waals surface area (Å²) in [6.45, 7) is 4.55. The first-order valence-corrected chi connectivity index (χ1v) is 14.5. The number of halogens is 3. The zero-order valence-corrected chi connectivity index (χ0v) is 23.5. The van der Waals surface area contributed by atoms with Gasteiger partial charge in [-0.1, -0.05) is 29.3 Å². The fraction of sp³-hybridized carbons (Fsp3) is 0.375. The highest BCUT2D eigenvalue weighted by atomic mass is 79.9. The summed E-state index contributed by atoms with van der Waals surface area (Å²) in [5.74, 6) is 0.213. The van der Waals surface area contributed by atoms with Crippen molar-refractivity contribution in [3.8, 4) is 0 Å². The number of furan rings is 1. The van der Waals surface area contributed by atoms with Gasteiger partial charge in [-0.25, -0.2) is 8.42 Å². The van der Waals surface area contributed by atoms with Crippen LogP contribution in [0.4, 0.5) is 5.69 Å². The molecule has 3 aromatic rings. The summed E-state index contributed by atoms with van der Waals surface area (Å²) in [5, 5.41) is 1.03. The van der Waals surface area contributed by atoms with E-state index >= 15 is 0 Å². The molecule has 8 nitrogen and oxygen atoms in total. The van der Waals surface area contributed by atoms with Crippen LogP contribution >= 0.6 is 39.1 Å². The molecule has 1 amide bonds. The Hall–Kier alpha value is -1.82. The first kappa shape index (κ1) is 25.8. The lowest BCUT2D eigenvalue weighted by Crippen LogP contribution is -2.48. The molecule has 0 aliphatic carbocycles. The van der Waals surface area contributed by atoms with Gasteiger partial charge in [0.25, 0.3) is 5.91 Å². The van der Waals surface area contributed by atoms with E-state index in [0.717, 1.165) is 28.6 Å². The third-order valence-corrected chi connectivity index (χ3v) is 10.4. The van der Waals surface area contributed by atoms with Crippen molar-refractivity contribution in [1.82, 2.24) is 14.1 Å². The molecule has 0 saturated carbocycles. The molecule has 2 aliphatic heterocycles. The molecule has 12 heteroatoms. The molecule has 3 heterocycles. The van der Waals surface area contributed by atoms with Gasteiger partial charge in [0.2, 0.25) is 10.0 Å². The Labute approximate surface area is 228 Å². The number of sulfonamides is 1. The van der Waals surface area contributed by atoms with Crippen LogP contribution in [0.5, 0.6) is 0 Å². The van der Waals surface area contributed by atoms with E-state index in [0.29, 0.717) is 37.5 Å². The van der Waals surface area contributed by atoms with Gasteiger partial charge in [-0.15, -0.1) is 0 Å². The van der Waals surface area contributed by atoms with Crippen LogP contribution in [0.2, 0.25) is 10.0 Å². The smallest absolute Gasteiger partial charge is 0.289 e. The number of likely N-dealkylation sites (N-methyl/N-ethyl adjacent to an activating group) is 1. The van der Waals surface area contributed by atoms with Crippen LogP contribution in [-0.2, 0) is 10.0 Å². The van der Waals surface area contributed by atoms with E-state index in [4.69, 9.17) is 27.6 Å². The molecule has 0 radical (unpaired) electrons. The van der Waals surface area contributed by atoms with Gasteiger partial charge in [-0.3, -0.25) is 4.79 Å². The van der Waals surface area contributed by atoms with Crippen LogP contribution in [0.3, 0.4) is 0 Å². The number of fused-ring (bicyclic) bond motifs is 1. The van der Waals surface area contributed by atoms with Crippen molar-refractivity contribution in [2.24, 2.45) is 0 Å². The normalized spacial score (nSPS) is 18.2. The average Bonchev–Trinajstić information content (AvgIpc) is 3.30. The van der Waals surface area contributed by atoms with Crippen LogP contribution < -0.4 is 4.90 Å². The van der Waals surface area contributed by atoms with Crippen molar-refractivity contribution in [2.75, 3.05) is 64.3 Å². The van der Waals surface area contributed by atoms with Crippen LogP contribution in [-0.4, -0.2) is 87.8 Å². The van der Waals surface area contributed by atoms with E-state index in [1.165, 1.54) is 16.4 Å². The number of benzene rings is 2. The van der Waals surface area contributed by atoms with Crippen LogP contribution in [0.25, 0.3) is 11.0 Å². The first-order chi connectivity index (χ1) is 17.2. The Morgan fingerprint density at radius 1 is 0.944 bits per heavy atom. The maximum atomic E-state index is 13.2. The molecule has 1 aromatic heterocycles. The highest BCUT2D eigenvalue weighted by Crippen LogP contribution is 2.37. The topological polar surface area (TPSA) is 77.3 Å². The number of carbonyl (C=O) groups is 1. The predicted molar refractivity (Wildman–Crippen MR) is 145 cm³/mol. The minimum absolute atomic E-state index is 0.0553. The molecule has 5 rings (SSSR count). The van der Waals surface area contributed by atoms with Crippen molar-refractivity contribution in [3.05, 3.63) is 56.7 Å². The Morgan fingerprint density at radius 2 is 1.58 bits per heavy atom. The zero-order chi connectivity index (χ0) is 25.6. The first-order valence-electron chi connectivity index (χ1n) is 11.6. The van der Waals surface area contributed by atoms with Gasteiger partial charge in [0.15, 0.2) is 5.76 Å². The number of anilines is 1. The number of nitrogens with zero attached hydrogens (tertiary/aromatic N) is 4. The molecule has 2 aliphatic rings. The van der Waals surface area contributed by atoms with E-state index in [9.17, 15) is 13.2 Å². The van der Waals surface area contributed by atoms with Gasteiger partial charge in [0.05, 0.1) is 20.2 Å². The maximum absolute atomic E-state index is 13.2. The number of hydrogen-bond acceptors (Lipinski definition) is 6. The van der Waals surface area contributed by atoms with Gasteiger partial charge < -0.3 is 19.1 Å². The SMILES string of the molecule is CN1CCN(C(=O)c2cc3c(Br)c(N4CCN(S(=O)(=O)c5c(Cl)cccc5Cl)CC4)ccc3o2)CC1. The Kier molecular flexibility index (Phi) is 7.28. The van der Waals surface area contributed by atoms with Crippen LogP contribution in [0.1, 0.15) is 10.6 Å². The summed E-state index contributed by atoms with van der Waals surface area (Å²) in [7, 11) is -1.78. The number of carbonyl (C=O) groups excluding carboxylic acids is 1. The lowest BCUT2D eigenvalue weighted by molar-refractivity contribution is 0.0635. The molecular formula is C24H25BrCl2N4O4S. The average molecular weight is 616 g/mol. The molecule has 0 bridgehead atoms. The van der Waals surface area contributed by atoms with Crippen molar-refractivity contribution in [1.29, 1.82) is 0 Å². The standard InChI is InChI=1S/C24H25BrCl2N4O4S/c1-28-7-9-30(10-8-28)24(32)21-15-16-20(35-21)6-5-19(22(16)25)29-11-13-31(14-12-29)36(33,34)23-17(26)3-2-4-18(23)27/h2-6,15H,7-14H2,1H3. The monoisotopic (exact) mass is 614 g/mol. The summed E-state index contributed by atoms with van der Waals surface area (Å²) in [6, 6.07) is 10.2. The summed E-state index contributed by atoms with van der Waals surface area (Å²) in [4.78, 5) is 19.0. The minimum atomic E-state index is -3.82. The molecule has 0 unspecified atom stereocenters. The molecule has 192 valence electrons. The van der Waals surface area contributed by atoms with E-state index in [1.807, 2.05) is 24.1 Å². The second-order valence-corrected chi connectivity index (χ2v) is 12.4. The summed E-state index contributed by atoms with van der Waals surface area (Å²) in [6.07, 6.45) is 0. The third kappa shape index (κ3) is 4.75. The largest absolute Gasteiger partial charge is 0.451 e. The van der Waals surface area contributed by atoms with Gasteiger partial charge in [0.1, 0.15) is 10.5 Å². The van der Waals surface area contributed by atoms with Crippen molar-refractivity contribution in [3.63, 3.8) is 0 Å². The molecule has 0 atom stereocenters. The third-order valence-electron chi connectivity index (χ3n) is 6.71. The van der Waals surface area contributed by atoms with E-state index in [-0.39, 0.29) is 33.9 Å². The van der Waals surface area contributed by atoms with Crippen LogP contribution in [0, 0.1) is 0 Å². The number of hydrogen-bond donors (Lipinski definition) is 0. The minimum Gasteiger partial charge on any atom is -0.451 e. The summed E-state index contributed by atoms with van der Waals surface area (Å²) >= 11 is 16.0. The number of amides is 1. The van der Waals surface area contributed by atoms with E-state index in [1.54, 1.807) is 12.1 Å². The van der Waals surface area contributed by atoms with Crippen molar-refractivity contribution >= 4 is 71.7 Å². The summed E-state index contributed by atoms with van der Waals surface area (Å²) < 4.78 is 34.5. The molecule has 0 spiro atoms. The number of piperazine rings is 2. The molecule has 36 heavy (non-hydrogen) atoms. The molecular weight excluding hydrogens is 591 g/mol. The van der Waals surface area contributed by atoms with E-state index < -0.39 is 10.0 Å². The highest BCUT2D eigenvalue weighted by molar-refractivity contribution is 9.10. The molecule has 2 aromatic carbocycles. The Morgan fingerprint density at radius 3 is 2.22 bits per heavy atom.